The summed E-state index contributed by atoms with van der Waals surface area (Å²) in [6, 6.07) is 12.2. The van der Waals surface area contributed by atoms with Gasteiger partial charge in [0.15, 0.2) is 0 Å². The Bertz CT molecular complexity index is 856. The van der Waals surface area contributed by atoms with Crippen molar-refractivity contribution in [3.05, 3.63) is 59.4 Å². The number of benzene rings is 2. The van der Waals surface area contributed by atoms with Crippen LogP contribution in [0.3, 0.4) is 0 Å². The minimum atomic E-state index is -0.412. The molecule has 1 aliphatic rings. The van der Waals surface area contributed by atoms with Gasteiger partial charge in [-0.3, -0.25) is 14.5 Å². The van der Waals surface area contributed by atoms with E-state index in [0.717, 1.165) is 24.0 Å². The Morgan fingerprint density at radius 3 is 2.89 bits per heavy atom. The number of nitrogens with one attached hydrogen (secondary N) is 1. The molecule has 2 amide bonds. The van der Waals surface area contributed by atoms with Crippen LogP contribution in [0, 0.1) is 12.7 Å². The number of anilines is 2. The smallest absolute Gasteiger partial charge is 0.238 e. The molecule has 1 heterocycles. The van der Waals surface area contributed by atoms with Crippen molar-refractivity contribution in [3.8, 4) is 0 Å². The molecule has 6 heteroatoms. The highest BCUT2D eigenvalue weighted by Crippen LogP contribution is 2.43. The van der Waals surface area contributed by atoms with Crippen molar-refractivity contribution in [3.63, 3.8) is 0 Å². The van der Waals surface area contributed by atoms with Crippen LogP contribution in [-0.2, 0) is 9.59 Å². The highest BCUT2D eigenvalue weighted by atomic mass is 32.2. The third kappa shape index (κ3) is 4.50. The van der Waals surface area contributed by atoms with Gasteiger partial charge in [0.25, 0.3) is 0 Å². The maximum Gasteiger partial charge on any atom is 0.238 e. The van der Waals surface area contributed by atoms with Gasteiger partial charge in [0.2, 0.25) is 11.8 Å². The molecule has 0 bridgehead atoms. The van der Waals surface area contributed by atoms with Gasteiger partial charge < -0.3 is 5.32 Å². The molecule has 0 radical (unpaired) electrons. The summed E-state index contributed by atoms with van der Waals surface area (Å²) in [5.74, 6) is -0.256. The SMILES string of the molecule is CCCCC(=O)Nc1cccc(C2SCC(=O)N2c2cc(C)ccc2F)c1. The summed E-state index contributed by atoms with van der Waals surface area (Å²) in [7, 11) is 0. The van der Waals surface area contributed by atoms with Gasteiger partial charge in [-0.1, -0.05) is 31.5 Å². The van der Waals surface area contributed by atoms with Crippen LogP contribution < -0.4 is 10.2 Å². The van der Waals surface area contributed by atoms with Gasteiger partial charge >= 0.3 is 0 Å². The fourth-order valence-corrected chi connectivity index (χ4v) is 4.23. The van der Waals surface area contributed by atoms with Crippen molar-refractivity contribution in [1.82, 2.24) is 0 Å². The predicted octanol–water partition coefficient (Wildman–Crippen LogP) is 5.04. The van der Waals surface area contributed by atoms with Crippen molar-refractivity contribution < 1.29 is 14.0 Å². The fourth-order valence-electron chi connectivity index (χ4n) is 3.07. The molecule has 0 aliphatic carbocycles. The van der Waals surface area contributed by atoms with Crippen LogP contribution >= 0.6 is 11.8 Å². The van der Waals surface area contributed by atoms with E-state index in [1.54, 1.807) is 12.1 Å². The molecule has 0 aromatic heterocycles. The summed E-state index contributed by atoms with van der Waals surface area (Å²) in [6.45, 7) is 3.92. The number of aryl methyl sites for hydroxylation is 1. The zero-order chi connectivity index (χ0) is 19.4. The van der Waals surface area contributed by atoms with Crippen LogP contribution in [0.25, 0.3) is 0 Å². The minimum absolute atomic E-state index is 0.0225. The van der Waals surface area contributed by atoms with Crippen LogP contribution in [0.5, 0.6) is 0 Å². The fraction of sp³-hybridized carbons (Fsp3) is 0.333. The molecule has 1 aliphatic heterocycles. The number of thioether (sulfide) groups is 1. The van der Waals surface area contributed by atoms with Gasteiger partial charge in [-0.05, 0) is 48.7 Å². The monoisotopic (exact) mass is 386 g/mol. The van der Waals surface area contributed by atoms with Crippen LogP contribution in [-0.4, -0.2) is 17.6 Å². The van der Waals surface area contributed by atoms with E-state index in [9.17, 15) is 14.0 Å². The summed E-state index contributed by atoms with van der Waals surface area (Å²) >= 11 is 1.46. The summed E-state index contributed by atoms with van der Waals surface area (Å²) < 4.78 is 14.4. The van der Waals surface area contributed by atoms with E-state index >= 15 is 0 Å². The molecule has 2 aromatic rings. The summed E-state index contributed by atoms with van der Waals surface area (Å²) in [4.78, 5) is 26.0. The van der Waals surface area contributed by atoms with Gasteiger partial charge in [0.1, 0.15) is 11.2 Å². The molecule has 0 spiro atoms. The molecule has 3 rings (SSSR count). The second-order valence-corrected chi connectivity index (χ2v) is 7.73. The second-order valence-electron chi connectivity index (χ2n) is 6.66. The molecule has 142 valence electrons. The van der Waals surface area contributed by atoms with E-state index in [1.165, 1.54) is 22.7 Å². The number of hydrogen-bond donors (Lipinski definition) is 1. The molecule has 1 N–H and O–H groups in total. The lowest BCUT2D eigenvalue weighted by atomic mass is 10.1. The van der Waals surface area contributed by atoms with Crippen LogP contribution in [0.15, 0.2) is 42.5 Å². The number of unbranched alkanes of at least 4 members (excludes halogenated alkanes) is 1. The third-order valence-corrected chi connectivity index (χ3v) is 5.65. The van der Waals surface area contributed by atoms with E-state index in [-0.39, 0.29) is 17.2 Å². The normalized spacial score (nSPS) is 16.6. The second kappa shape index (κ2) is 8.57. The van der Waals surface area contributed by atoms with Gasteiger partial charge in [-0.25, -0.2) is 4.39 Å². The molecule has 4 nitrogen and oxygen atoms in total. The van der Waals surface area contributed by atoms with Crippen molar-refractivity contribution in [2.45, 2.75) is 38.5 Å². The minimum Gasteiger partial charge on any atom is -0.326 e. The quantitative estimate of drug-likeness (QED) is 0.756. The zero-order valence-corrected chi connectivity index (χ0v) is 16.3. The number of carbonyl (C=O) groups excluding carboxylic acids is 2. The zero-order valence-electron chi connectivity index (χ0n) is 15.5. The molecule has 2 aromatic carbocycles. The van der Waals surface area contributed by atoms with Crippen molar-refractivity contribution in [2.75, 3.05) is 16.0 Å². The molecule has 1 atom stereocenters. The lowest BCUT2D eigenvalue weighted by Crippen LogP contribution is -2.28. The Balaban J connectivity index is 1.86. The Morgan fingerprint density at radius 1 is 1.30 bits per heavy atom. The van der Waals surface area contributed by atoms with E-state index in [1.807, 2.05) is 38.1 Å². The lowest BCUT2D eigenvalue weighted by Gasteiger charge is -2.25. The first-order valence-corrected chi connectivity index (χ1v) is 10.1. The standard InChI is InChI=1S/C21H23FN2O2S/c1-3-4-8-19(25)23-16-7-5-6-15(12-16)21-24(20(26)13-27-21)18-11-14(2)9-10-17(18)22/h5-7,9-12,21H,3-4,8,13H2,1-2H3,(H,23,25). The maximum absolute atomic E-state index is 14.4. The topological polar surface area (TPSA) is 49.4 Å². The number of carbonyl (C=O) groups is 2. The molecule has 0 saturated carbocycles. The number of halogens is 1. The Morgan fingerprint density at radius 2 is 2.11 bits per heavy atom. The van der Waals surface area contributed by atoms with Crippen molar-refractivity contribution >= 4 is 35.0 Å². The first-order valence-electron chi connectivity index (χ1n) is 9.09. The van der Waals surface area contributed by atoms with Crippen molar-refractivity contribution in [2.24, 2.45) is 0 Å². The van der Waals surface area contributed by atoms with Crippen LogP contribution in [0.2, 0.25) is 0 Å². The predicted molar refractivity (Wildman–Crippen MR) is 108 cm³/mol. The molecule has 1 saturated heterocycles. The van der Waals surface area contributed by atoms with Crippen LogP contribution in [0.4, 0.5) is 15.8 Å². The Labute approximate surface area is 163 Å². The number of rotatable bonds is 6. The van der Waals surface area contributed by atoms with E-state index < -0.39 is 5.82 Å². The number of amides is 2. The number of hydrogen-bond acceptors (Lipinski definition) is 3. The maximum atomic E-state index is 14.4. The lowest BCUT2D eigenvalue weighted by molar-refractivity contribution is -0.117. The van der Waals surface area contributed by atoms with E-state index in [2.05, 4.69) is 5.32 Å². The molecular formula is C21H23FN2O2S. The molecule has 1 fully saturated rings. The first kappa shape index (κ1) is 19.4. The average Bonchev–Trinajstić information content (AvgIpc) is 3.03. The van der Waals surface area contributed by atoms with E-state index in [0.29, 0.717) is 23.5 Å². The average molecular weight is 386 g/mol. The highest BCUT2D eigenvalue weighted by molar-refractivity contribution is 8.00. The van der Waals surface area contributed by atoms with Gasteiger partial charge in [0.05, 0.1) is 11.4 Å². The highest BCUT2D eigenvalue weighted by Gasteiger charge is 2.35. The Kier molecular flexibility index (Phi) is 6.16. The van der Waals surface area contributed by atoms with E-state index in [4.69, 9.17) is 0 Å². The summed E-state index contributed by atoms with van der Waals surface area (Å²) in [5.41, 5.74) is 2.75. The Hall–Kier alpha value is -2.34. The molecular weight excluding hydrogens is 363 g/mol. The van der Waals surface area contributed by atoms with Gasteiger partial charge in [0, 0.05) is 12.1 Å². The van der Waals surface area contributed by atoms with Gasteiger partial charge in [-0.2, -0.15) is 0 Å². The first-order chi connectivity index (χ1) is 13.0. The number of nitrogens with zero attached hydrogens (tertiary/aromatic N) is 1. The van der Waals surface area contributed by atoms with Crippen molar-refractivity contribution in [1.29, 1.82) is 0 Å². The van der Waals surface area contributed by atoms with Gasteiger partial charge in [-0.15, -0.1) is 11.8 Å². The van der Waals surface area contributed by atoms with Crippen LogP contribution in [0.1, 0.15) is 42.7 Å². The summed E-state index contributed by atoms with van der Waals surface area (Å²) in [5, 5.41) is 2.58. The molecule has 1 unspecified atom stereocenters. The third-order valence-electron chi connectivity index (χ3n) is 4.44. The molecule has 27 heavy (non-hydrogen) atoms. The largest absolute Gasteiger partial charge is 0.326 e. The summed E-state index contributed by atoms with van der Waals surface area (Å²) in [6.07, 6.45) is 2.29.